The van der Waals surface area contributed by atoms with E-state index in [0.717, 1.165) is 12.0 Å². The Morgan fingerprint density at radius 2 is 1.90 bits per heavy atom. The Kier molecular flexibility index (Phi) is 5.02. The van der Waals surface area contributed by atoms with Gasteiger partial charge in [0.2, 0.25) is 0 Å². The van der Waals surface area contributed by atoms with Crippen LogP contribution in [-0.2, 0) is 6.42 Å². The number of ether oxygens (including phenoxy) is 1. The normalized spacial score (nSPS) is 12.1. The molecule has 2 aromatic carbocycles. The van der Waals surface area contributed by atoms with Gasteiger partial charge in [-0.2, -0.15) is 0 Å². The molecular formula is C17H21NO2. The summed E-state index contributed by atoms with van der Waals surface area (Å²) in [5, 5.41) is 9.72. The summed E-state index contributed by atoms with van der Waals surface area (Å²) in [5.74, 6) is 0.990. The van der Waals surface area contributed by atoms with Gasteiger partial charge in [-0.15, -0.1) is 0 Å². The topological polar surface area (TPSA) is 55.5 Å². The standard InChI is InChI=1S/C17H21NO2/c1-2-20-17-11-13(8-9-16(17)19)10-15(12-18)14-6-4-3-5-7-14/h3-9,11,15,19H,2,10,12,18H2,1H3. The SMILES string of the molecule is CCOc1cc(CC(CN)c2ccccc2)ccc1O. The third-order valence-electron chi connectivity index (χ3n) is 3.36. The highest BCUT2D eigenvalue weighted by molar-refractivity contribution is 5.42. The van der Waals surface area contributed by atoms with Crippen LogP contribution in [0.5, 0.6) is 11.5 Å². The van der Waals surface area contributed by atoms with Gasteiger partial charge in [0.1, 0.15) is 0 Å². The lowest BCUT2D eigenvalue weighted by molar-refractivity contribution is 0.317. The van der Waals surface area contributed by atoms with Crippen molar-refractivity contribution in [3.63, 3.8) is 0 Å². The molecule has 0 aromatic heterocycles. The molecule has 2 rings (SSSR count). The zero-order valence-corrected chi connectivity index (χ0v) is 11.8. The zero-order chi connectivity index (χ0) is 14.4. The second kappa shape index (κ2) is 6.96. The number of benzene rings is 2. The van der Waals surface area contributed by atoms with E-state index in [1.165, 1.54) is 5.56 Å². The number of rotatable bonds is 6. The van der Waals surface area contributed by atoms with Gasteiger partial charge < -0.3 is 15.6 Å². The van der Waals surface area contributed by atoms with Crippen LogP contribution in [0.4, 0.5) is 0 Å². The first-order valence-corrected chi connectivity index (χ1v) is 6.94. The van der Waals surface area contributed by atoms with Crippen molar-refractivity contribution >= 4 is 0 Å². The Hall–Kier alpha value is -2.00. The number of hydrogen-bond acceptors (Lipinski definition) is 3. The Bertz CT molecular complexity index is 540. The third kappa shape index (κ3) is 3.52. The number of aromatic hydroxyl groups is 1. The minimum absolute atomic E-state index is 0.180. The highest BCUT2D eigenvalue weighted by Gasteiger charge is 2.12. The van der Waals surface area contributed by atoms with Crippen LogP contribution in [0, 0.1) is 0 Å². The monoisotopic (exact) mass is 271 g/mol. The molecule has 0 bridgehead atoms. The summed E-state index contributed by atoms with van der Waals surface area (Å²) in [5.41, 5.74) is 8.25. The van der Waals surface area contributed by atoms with Gasteiger partial charge in [-0.05, 0) is 43.1 Å². The van der Waals surface area contributed by atoms with Crippen molar-refractivity contribution in [3.8, 4) is 11.5 Å². The van der Waals surface area contributed by atoms with Crippen LogP contribution in [0.25, 0.3) is 0 Å². The predicted octanol–water partition coefficient (Wildman–Crippen LogP) is 3.08. The maximum absolute atomic E-state index is 9.72. The molecule has 3 N–H and O–H groups in total. The van der Waals surface area contributed by atoms with E-state index in [4.69, 9.17) is 10.5 Å². The van der Waals surface area contributed by atoms with Crippen LogP contribution in [0.15, 0.2) is 48.5 Å². The molecule has 0 fully saturated rings. The van der Waals surface area contributed by atoms with Crippen molar-refractivity contribution < 1.29 is 9.84 Å². The summed E-state index contributed by atoms with van der Waals surface area (Å²) in [6.45, 7) is 3.03. The Balaban J connectivity index is 2.17. The molecule has 0 spiro atoms. The Morgan fingerprint density at radius 1 is 1.15 bits per heavy atom. The van der Waals surface area contributed by atoms with Crippen LogP contribution in [0.3, 0.4) is 0 Å². The fourth-order valence-corrected chi connectivity index (χ4v) is 2.30. The Morgan fingerprint density at radius 3 is 2.55 bits per heavy atom. The minimum atomic E-state index is 0.180. The van der Waals surface area contributed by atoms with Crippen LogP contribution in [0.2, 0.25) is 0 Å². The van der Waals surface area contributed by atoms with Gasteiger partial charge in [-0.1, -0.05) is 36.4 Å². The first-order valence-electron chi connectivity index (χ1n) is 6.94. The van der Waals surface area contributed by atoms with E-state index in [1.54, 1.807) is 6.07 Å². The number of phenolic OH excluding ortho intramolecular Hbond substituents is 1. The summed E-state index contributed by atoms with van der Waals surface area (Å²) in [6, 6.07) is 15.8. The molecule has 0 amide bonds. The molecule has 20 heavy (non-hydrogen) atoms. The van der Waals surface area contributed by atoms with Crippen LogP contribution < -0.4 is 10.5 Å². The van der Waals surface area contributed by atoms with Crippen molar-refractivity contribution in [2.75, 3.05) is 13.2 Å². The van der Waals surface area contributed by atoms with Crippen molar-refractivity contribution in [2.24, 2.45) is 5.73 Å². The first kappa shape index (κ1) is 14.4. The average Bonchev–Trinajstić information content (AvgIpc) is 2.49. The second-order valence-electron chi connectivity index (χ2n) is 4.78. The lowest BCUT2D eigenvalue weighted by Crippen LogP contribution is -2.15. The number of hydrogen-bond donors (Lipinski definition) is 2. The third-order valence-corrected chi connectivity index (χ3v) is 3.36. The number of phenols is 1. The number of nitrogens with two attached hydrogens (primary N) is 1. The van der Waals surface area contributed by atoms with Crippen LogP contribution in [-0.4, -0.2) is 18.3 Å². The fraction of sp³-hybridized carbons (Fsp3) is 0.294. The highest BCUT2D eigenvalue weighted by atomic mass is 16.5. The van der Waals surface area contributed by atoms with E-state index in [0.29, 0.717) is 18.9 Å². The molecular weight excluding hydrogens is 250 g/mol. The van der Waals surface area contributed by atoms with E-state index in [9.17, 15) is 5.11 Å². The maximum atomic E-state index is 9.72. The predicted molar refractivity (Wildman–Crippen MR) is 81.2 cm³/mol. The summed E-state index contributed by atoms with van der Waals surface area (Å²) in [7, 11) is 0. The largest absolute Gasteiger partial charge is 0.504 e. The van der Waals surface area contributed by atoms with E-state index in [2.05, 4.69) is 12.1 Å². The van der Waals surface area contributed by atoms with Gasteiger partial charge in [-0.3, -0.25) is 0 Å². The Labute approximate surface area is 120 Å². The molecule has 0 aliphatic carbocycles. The van der Waals surface area contributed by atoms with E-state index >= 15 is 0 Å². The lowest BCUT2D eigenvalue weighted by Gasteiger charge is -2.16. The minimum Gasteiger partial charge on any atom is -0.504 e. The van der Waals surface area contributed by atoms with Gasteiger partial charge in [0.05, 0.1) is 6.61 Å². The maximum Gasteiger partial charge on any atom is 0.161 e. The molecule has 0 aliphatic heterocycles. The molecule has 0 heterocycles. The summed E-state index contributed by atoms with van der Waals surface area (Å²) >= 11 is 0. The molecule has 2 aromatic rings. The quantitative estimate of drug-likeness (QED) is 0.849. The molecule has 0 saturated heterocycles. The van der Waals surface area contributed by atoms with E-state index in [-0.39, 0.29) is 11.7 Å². The molecule has 0 saturated carbocycles. The first-order chi connectivity index (χ1) is 9.74. The lowest BCUT2D eigenvalue weighted by atomic mass is 9.92. The van der Waals surface area contributed by atoms with Gasteiger partial charge in [0.15, 0.2) is 11.5 Å². The molecule has 1 atom stereocenters. The fourth-order valence-electron chi connectivity index (χ4n) is 2.30. The van der Waals surface area contributed by atoms with Crippen LogP contribution >= 0.6 is 0 Å². The molecule has 0 radical (unpaired) electrons. The molecule has 3 nitrogen and oxygen atoms in total. The van der Waals surface area contributed by atoms with Crippen molar-refractivity contribution in [1.82, 2.24) is 0 Å². The van der Waals surface area contributed by atoms with E-state index < -0.39 is 0 Å². The molecule has 106 valence electrons. The van der Waals surface area contributed by atoms with Gasteiger partial charge in [0.25, 0.3) is 0 Å². The van der Waals surface area contributed by atoms with Crippen LogP contribution in [0.1, 0.15) is 24.0 Å². The summed E-state index contributed by atoms with van der Waals surface area (Å²) < 4.78 is 5.42. The average molecular weight is 271 g/mol. The zero-order valence-electron chi connectivity index (χ0n) is 11.8. The molecule has 3 heteroatoms. The second-order valence-corrected chi connectivity index (χ2v) is 4.78. The summed E-state index contributed by atoms with van der Waals surface area (Å²) in [4.78, 5) is 0. The van der Waals surface area contributed by atoms with Gasteiger partial charge in [0, 0.05) is 5.92 Å². The van der Waals surface area contributed by atoms with Crippen molar-refractivity contribution in [3.05, 3.63) is 59.7 Å². The van der Waals surface area contributed by atoms with E-state index in [1.807, 2.05) is 37.3 Å². The van der Waals surface area contributed by atoms with Gasteiger partial charge in [-0.25, -0.2) is 0 Å². The molecule has 1 unspecified atom stereocenters. The van der Waals surface area contributed by atoms with Gasteiger partial charge >= 0.3 is 0 Å². The smallest absolute Gasteiger partial charge is 0.161 e. The summed E-state index contributed by atoms with van der Waals surface area (Å²) in [6.07, 6.45) is 0.834. The molecule has 0 aliphatic rings. The highest BCUT2D eigenvalue weighted by Crippen LogP contribution is 2.29. The van der Waals surface area contributed by atoms with Crippen molar-refractivity contribution in [2.45, 2.75) is 19.3 Å². The van der Waals surface area contributed by atoms with Crippen molar-refractivity contribution in [1.29, 1.82) is 0 Å².